The van der Waals surface area contributed by atoms with Crippen LogP contribution in [0.15, 0.2) is 49.6 Å². The summed E-state index contributed by atoms with van der Waals surface area (Å²) in [6, 6.07) is 0. The van der Waals surface area contributed by atoms with E-state index >= 15 is 0 Å². The van der Waals surface area contributed by atoms with Gasteiger partial charge in [-0.1, -0.05) is 0 Å². The summed E-state index contributed by atoms with van der Waals surface area (Å²) < 4.78 is 88.4. The van der Waals surface area contributed by atoms with E-state index in [9.17, 15) is 101 Å². The van der Waals surface area contributed by atoms with Gasteiger partial charge in [0.2, 0.25) is 15.2 Å². The van der Waals surface area contributed by atoms with Crippen LogP contribution in [0.4, 0.5) is 0 Å². The molecule has 0 bridgehead atoms. The third kappa shape index (κ3) is 20.3. The second-order valence-electron chi connectivity index (χ2n) is 16.6. The zero-order valence-corrected chi connectivity index (χ0v) is 46.9. The van der Waals surface area contributed by atoms with Crippen molar-refractivity contribution >= 4 is 84.6 Å². The summed E-state index contributed by atoms with van der Waals surface area (Å²) in [4.78, 5) is 203. The molecule has 464 valence electrons. The van der Waals surface area contributed by atoms with E-state index in [1.165, 1.54) is 50.6 Å². The van der Waals surface area contributed by atoms with Crippen LogP contribution in [0.2, 0.25) is 0 Å². The van der Waals surface area contributed by atoms with Gasteiger partial charge in [0.15, 0.2) is 38.0 Å². The normalized spacial score (nSPS) is 21.6. The molecule has 80 heavy (non-hydrogen) atoms. The second kappa shape index (κ2) is 26.9. The van der Waals surface area contributed by atoms with Gasteiger partial charge in [0.1, 0.15) is 26.2 Å². The molecule has 4 heterocycles. The average molecular weight is 1320 g/mol. The topological polar surface area (TPSA) is 730 Å². The first-order valence-electron chi connectivity index (χ1n) is 20.3. The molecule has 0 aromatic carbocycles. The Labute approximate surface area is 446 Å². The number of nitrogens with zero attached hydrogens (tertiary/aromatic N) is 8. The lowest BCUT2D eigenvalue weighted by Gasteiger charge is -2.43. The van der Waals surface area contributed by atoms with Crippen LogP contribution in [0, 0.1) is 0 Å². The number of rotatable bonds is 24. The first-order valence-corrected chi connectivity index (χ1v) is 33.0. The number of carbonyl (C=O) groups is 4. The van der Waals surface area contributed by atoms with Gasteiger partial charge < -0.3 is 181 Å². The molecule has 52 heteroatoms. The van der Waals surface area contributed by atoms with Gasteiger partial charge in [-0.15, -0.1) is 0 Å². The van der Waals surface area contributed by atoms with E-state index < -0.39 is 157 Å². The van der Waals surface area contributed by atoms with Crippen LogP contribution < -0.4 is 24.5 Å². The summed E-state index contributed by atoms with van der Waals surface area (Å²) in [5, 5.41) is 57.8. The van der Waals surface area contributed by atoms with Crippen molar-refractivity contribution in [1.29, 1.82) is 0 Å². The Morgan fingerprint density at radius 1 is 0.312 bits per heavy atom. The first-order chi connectivity index (χ1) is 35.5. The highest BCUT2D eigenvalue weighted by Crippen LogP contribution is 2.68. The Kier molecular flexibility index (Phi) is 25.0. The molecule has 0 aromatic rings. The number of carboxylic acid groups (broad SMARTS) is 4. The molecular formula is C28H51N8O36P8-5. The van der Waals surface area contributed by atoms with Gasteiger partial charge in [0.05, 0.1) is 52.9 Å². The van der Waals surface area contributed by atoms with Gasteiger partial charge in [-0.2, -0.15) is 0 Å². The average Bonchev–Trinajstić information content (AvgIpc) is 4.04. The number of hydrogen-bond donors (Lipinski definition) is 19. The standard InChI is InChI=1S/4C7H14N2O9P2/c4*10-6(11)3-8-1-2-9(5-8)4-7(12,19(13,14)15)20(16,17)18/h4*1-2,12H,3-5H2,(H,10,11)(H2,13,14,15)(H2,16,17,18)/p-5. The molecule has 0 aromatic heterocycles. The maximum Gasteiger partial charge on any atom is 0.371 e. The zero-order valence-electron chi connectivity index (χ0n) is 39.7. The fraction of sp³-hybridized carbons (Fsp3) is 0.571. The molecule has 6 atom stereocenters. The van der Waals surface area contributed by atoms with E-state index in [1.54, 1.807) is 0 Å². The lowest BCUT2D eigenvalue weighted by molar-refractivity contribution is -0.229. The summed E-state index contributed by atoms with van der Waals surface area (Å²) >= 11 is 0. The molecule has 19 N–H and O–H groups in total. The Bertz CT molecular complexity index is 2310. The Balaban J connectivity index is 0.000000533. The summed E-state index contributed by atoms with van der Waals surface area (Å²) in [7, 11) is -45.8. The third-order valence-electron chi connectivity index (χ3n) is 10.1. The summed E-state index contributed by atoms with van der Waals surface area (Å²) in [6.07, 6.45) is 9.45. The third-order valence-corrected chi connectivity index (χ3v) is 24.7. The maximum absolute atomic E-state index is 11.1. The van der Waals surface area contributed by atoms with E-state index in [-0.39, 0.29) is 26.7 Å². The molecule has 0 fully saturated rings. The van der Waals surface area contributed by atoms with Crippen LogP contribution in [0.25, 0.3) is 0 Å². The quantitative estimate of drug-likeness (QED) is 0.0399. The Hall–Kier alpha value is -3.72. The van der Waals surface area contributed by atoms with Crippen molar-refractivity contribution in [3.63, 3.8) is 0 Å². The highest BCUT2D eigenvalue weighted by atomic mass is 31.3. The summed E-state index contributed by atoms with van der Waals surface area (Å²) in [5.74, 6) is -4.68. The Morgan fingerprint density at radius 3 is 0.613 bits per heavy atom. The highest BCUT2D eigenvalue weighted by molar-refractivity contribution is 7.72. The van der Waals surface area contributed by atoms with Crippen LogP contribution >= 0.6 is 60.8 Å². The largest absolute Gasteiger partial charge is 0.776 e. The first kappa shape index (κ1) is 74.3. The molecule has 4 aliphatic rings. The lowest BCUT2D eigenvalue weighted by atomic mass is 10.6. The molecule has 6 unspecified atom stereocenters. The molecule has 0 amide bonds. The fourth-order valence-corrected chi connectivity index (χ4v) is 14.2. The molecule has 0 spiro atoms. The molecule has 0 saturated carbocycles. The highest BCUT2D eigenvalue weighted by Gasteiger charge is 2.60. The minimum absolute atomic E-state index is 0.186. The van der Waals surface area contributed by atoms with E-state index in [0.29, 0.717) is 0 Å². The lowest BCUT2D eigenvalue weighted by Crippen LogP contribution is -2.46. The van der Waals surface area contributed by atoms with Crippen LogP contribution in [-0.4, -0.2) is 257 Å². The van der Waals surface area contributed by atoms with Gasteiger partial charge >= 0.3 is 46.7 Å². The summed E-state index contributed by atoms with van der Waals surface area (Å²) in [5.41, 5.74) is 0. The number of aliphatic hydroxyl groups is 4. The van der Waals surface area contributed by atoms with Crippen molar-refractivity contribution in [2.75, 3.05) is 79.0 Å². The predicted octanol–water partition coefficient (Wildman–Crippen LogP) is -10.7. The van der Waals surface area contributed by atoms with Crippen molar-refractivity contribution in [2.45, 2.75) is 20.3 Å². The molecule has 0 radical (unpaired) electrons. The minimum atomic E-state index is -5.84. The molecule has 44 nitrogen and oxygen atoms in total. The molecule has 4 aliphatic heterocycles. The van der Waals surface area contributed by atoms with Gasteiger partial charge in [0, 0.05) is 49.6 Å². The second-order valence-corrected chi connectivity index (χ2v) is 32.4. The number of β-amino-alcohol motifs (C(OH)–C–C–N with tert-alkyl or cyclic N) is 4. The predicted molar refractivity (Wildman–Crippen MR) is 245 cm³/mol. The van der Waals surface area contributed by atoms with Crippen molar-refractivity contribution in [2.24, 2.45) is 0 Å². The molecule has 4 rings (SSSR count). The van der Waals surface area contributed by atoms with E-state index in [0.717, 1.165) is 38.2 Å². The van der Waals surface area contributed by atoms with Crippen molar-refractivity contribution in [3.05, 3.63) is 49.6 Å². The monoisotopic (exact) mass is 1320 g/mol. The van der Waals surface area contributed by atoms with Crippen LogP contribution in [-0.2, 0) is 55.7 Å². The molecular weight excluding hydrogens is 1270 g/mol. The zero-order chi connectivity index (χ0) is 63.1. The van der Waals surface area contributed by atoms with Gasteiger partial charge in [-0.3, -0.25) is 32.9 Å². The molecule has 0 aliphatic carbocycles. The van der Waals surface area contributed by atoms with E-state index in [4.69, 9.17) is 74.3 Å². The van der Waals surface area contributed by atoms with Crippen molar-refractivity contribution in [1.82, 2.24) is 39.2 Å². The van der Waals surface area contributed by atoms with Crippen molar-refractivity contribution in [3.8, 4) is 0 Å². The smallest absolute Gasteiger partial charge is 0.371 e. The minimum Gasteiger partial charge on any atom is -0.776 e. The van der Waals surface area contributed by atoms with Crippen molar-refractivity contribution < 1.29 is 175 Å². The number of aliphatic carboxylic acids is 4. The van der Waals surface area contributed by atoms with E-state index in [2.05, 4.69) is 0 Å². The van der Waals surface area contributed by atoms with E-state index in [1.807, 2.05) is 0 Å². The SMILES string of the molecule is O=C(O)CN1C=CN(CC(O)(P(=O)(O)O)P(=O)(O)O)C1.O=C(O)CN1C=CN(CC(O)(P(=O)([O-])O)P(=O)(O)O)C1.O=C(O)CN1C=CN(CC(O)(P(=O)([O-])O)P(=O)([O-])O)C1.O=C(O)CN1C=CN(CC(O)(P(=O)([O-])O)P(=O)([O-])O)C1. The van der Waals surface area contributed by atoms with Crippen LogP contribution in [0.3, 0.4) is 0 Å². The van der Waals surface area contributed by atoms with Crippen LogP contribution in [0.1, 0.15) is 0 Å². The fourth-order valence-electron chi connectivity index (χ4n) is 6.05. The molecule has 0 saturated heterocycles. The van der Waals surface area contributed by atoms with Gasteiger partial charge in [-0.25, -0.2) is 0 Å². The number of carboxylic acids is 4. The van der Waals surface area contributed by atoms with Crippen LogP contribution in [0.5, 0.6) is 0 Å². The summed E-state index contributed by atoms with van der Waals surface area (Å²) in [6.45, 7) is -7.08. The number of hydrogen-bond acceptors (Lipinski definition) is 29. The Morgan fingerprint density at radius 2 is 0.463 bits per heavy atom. The van der Waals surface area contributed by atoms with Gasteiger partial charge in [-0.05, 0) is 0 Å². The van der Waals surface area contributed by atoms with Gasteiger partial charge in [0.25, 0.3) is 5.08 Å². The maximum atomic E-state index is 11.1.